The second kappa shape index (κ2) is 5.65. The summed E-state index contributed by atoms with van der Waals surface area (Å²) in [4.78, 5) is 0. The van der Waals surface area contributed by atoms with Gasteiger partial charge in [-0.05, 0) is 74.6 Å². The number of hydrogen-bond donors (Lipinski definition) is 2. The van der Waals surface area contributed by atoms with Crippen LogP contribution >= 0.6 is 0 Å². The van der Waals surface area contributed by atoms with Gasteiger partial charge in [-0.3, -0.25) is 0 Å². The van der Waals surface area contributed by atoms with E-state index in [4.69, 9.17) is 4.74 Å². The van der Waals surface area contributed by atoms with Crippen molar-refractivity contribution in [3.8, 4) is 11.5 Å². The molecule has 3 heteroatoms. The molecule has 0 spiro atoms. The third-order valence-electron chi connectivity index (χ3n) is 4.82. The van der Waals surface area contributed by atoms with E-state index in [2.05, 4.69) is 12.2 Å². The molecule has 1 unspecified atom stereocenters. The van der Waals surface area contributed by atoms with E-state index in [9.17, 15) is 5.11 Å². The second-order valence-corrected chi connectivity index (χ2v) is 6.40. The smallest absolute Gasteiger partial charge is 0.160 e. The zero-order valence-electron chi connectivity index (χ0n) is 12.4. The number of rotatable bonds is 7. The van der Waals surface area contributed by atoms with Gasteiger partial charge in [0.25, 0.3) is 0 Å². The van der Waals surface area contributed by atoms with Crippen LogP contribution in [0.1, 0.15) is 44.2 Å². The predicted molar refractivity (Wildman–Crippen MR) is 80.0 cm³/mol. The fourth-order valence-corrected chi connectivity index (χ4v) is 3.16. The maximum absolute atomic E-state index is 9.65. The van der Waals surface area contributed by atoms with Crippen molar-refractivity contribution in [2.75, 3.05) is 13.7 Å². The Morgan fingerprint density at radius 1 is 1.25 bits per heavy atom. The van der Waals surface area contributed by atoms with E-state index in [1.165, 1.54) is 31.2 Å². The fourth-order valence-electron chi connectivity index (χ4n) is 3.16. The molecule has 0 radical (unpaired) electrons. The van der Waals surface area contributed by atoms with Crippen molar-refractivity contribution in [2.45, 2.75) is 38.6 Å². The average Bonchev–Trinajstić information content (AvgIpc) is 3.32. The van der Waals surface area contributed by atoms with Gasteiger partial charge in [0.1, 0.15) is 0 Å². The maximum Gasteiger partial charge on any atom is 0.160 e. The van der Waals surface area contributed by atoms with E-state index in [-0.39, 0.29) is 5.75 Å². The standard InChI is InChI=1S/C17H25NO2/c1-11(14-7-8-16(19)17(9-14)20-2)18-10-15(12-3-4-12)13-5-6-13/h7-9,11-13,15,18-19H,3-6,10H2,1-2H3. The SMILES string of the molecule is COc1cc(C(C)NCC(C2CC2)C2CC2)ccc1O. The second-order valence-electron chi connectivity index (χ2n) is 6.40. The number of aromatic hydroxyl groups is 1. The van der Waals surface area contributed by atoms with Crippen LogP contribution in [-0.2, 0) is 0 Å². The molecule has 0 aromatic heterocycles. The molecule has 2 fully saturated rings. The van der Waals surface area contributed by atoms with Crippen LogP contribution in [0, 0.1) is 17.8 Å². The van der Waals surface area contributed by atoms with E-state index < -0.39 is 0 Å². The molecule has 3 rings (SSSR count). The molecule has 0 heterocycles. The highest BCUT2D eigenvalue weighted by atomic mass is 16.5. The molecule has 110 valence electrons. The zero-order valence-corrected chi connectivity index (χ0v) is 12.4. The van der Waals surface area contributed by atoms with Crippen LogP contribution < -0.4 is 10.1 Å². The summed E-state index contributed by atoms with van der Waals surface area (Å²) < 4.78 is 5.18. The first-order valence-electron chi connectivity index (χ1n) is 7.79. The monoisotopic (exact) mass is 275 g/mol. The van der Waals surface area contributed by atoms with Crippen LogP contribution in [0.25, 0.3) is 0 Å². The number of benzene rings is 1. The summed E-state index contributed by atoms with van der Waals surface area (Å²) in [5.41, 5.74) is 1.17. The minimum absolute atomic E-state index is 0.206. The summed E-state index contributed by atoms with van der Waals surface area (Å²) in [6.07, 6.45) is 5.74. The third kappa shape index (κ3) is 3.09. The van der Waals surface area contributed by atoms with Crippen LogP contribution in [0.15, 0.2) is 18.2 Å². The molecule has 0 aliphatic heterocycles. The lowest BCUT2D eigenvalue weighted by Gasteiger charge is -2.21. The van der Waals surface area contributed by atoms with Gasteiger partial charge >= 0.3 is 0 Å². The topological polar surface area (TPSA) is 41.5 Å². The minimum atomic E-state index is 0.206. The largest absolute Gasteiger partial charge is 0.504 e. The first kappa shape index (κ1) is 13.7. The van der Waals surface area contributed by atoms with E-state index >= 15 is 0 Å². The van der Waals surface area contributed by atoms with Crippen molar-refractivity contribution in [3.05, 3.63) is 23.8 Å². The summed E-state index contributed by atoms with van der Waals surface area (Å²) in [6, 6.07) is 5.91. The Hall–Kier alpha value is -1.22. The number of phenolic OH excluding ortho intramolecular Hbond substituents is 1. The Labute approximate surface area is 121 Å². The molecule has 2 aliphatic carbocycles. The van der Waals surface area contributed by atoms with Crippen LogP contribution in [0.3, 0.4) is 0 Å². The Balaban J connectivity index is 1.59. The van der Waals surface area contributed by atoms with Crippen molar-refractivity contribution >= 4 is 0 Å². The lowest BCUT2D eigenvalue weighted by atomic mass is 9.97. The van der Waals surface area contributed by atoms with Gasteiger partial charge in [-0.25, -0.2) is 0 Å². The zero-order chi connectivity index (χ0) is 14.1. The quantitative estimate of drug-likeness (QED) is 0.800. The third-order valence-corrected chi connectivity index (χ3v) is 4.82. The van der Waals surface area contributed by atoms with Crippen molar-refractivity contribution in [1.82, 2.24) is 5.32 Å². The van der Waals surface area contributed by atoms with E-state index in [0.29, 0.717) is 11.8 Å². The Kier molecular flexibility index (Phi) is 3.88. The Morgan fingerprint density at radius 2 is 1.90 bits per heavy atom. The van der Waals surface area contributed by atoms with Crippen molar-refractivity contribution < 1.29 is 9.84 Å². The molecule has 2 saturated carbocycles. The average molecular weight is 275 g/mol. The van der Waals surface area contributed by atoms with Gasteiger partial charge in [0.2, 0.25) is 0 Å². The lowest BCUT2D eigenvalue weighted by molar-refractivity contribution is 0.358. The molecule has 0 amide bonds. The summed E-state index contributed by atoms with van der Waals surface area (Å²) in [6.45, 7) is 3.31. The highest BCUT2D eigenvalue weighted by molar-refractivity contribution is 5.42. The van der Waals surface area contributed by atoms with Crippen molar-refractivity contribution in [3.63, 3.8) is 0 Å². The normalized spacial score (nSPS) is 20.1. The first-order valence-corrected chi connectivity index (χ1v) is 7.79. The molecule has 1 aromatic carbocycles. The molecule has 1 atom stereocenters. The van der Waals surface area contributed by atoms with E-state index in [1.807, 2.05) is 12.1 Å². The summed E-state index contributed by atoms with van der Waals surface area (Å²) in [5.74, 6) is 3.61. The van der Waals surface area contributed by atoms with Crippen LogP contribution in [-0.4, -0.2) is 18.8 Å². The Bertz CT molecular complexity index is 454. The fraction of sp³-hybridized carbons (Fsp3) is 0.647. The highest BCUT2D eigenvalue weighted by Crippen LogP contribution is 2.49. The molecular weight excluding hydrogens is 250 g/mol. The van der Waals surface area contributed by atoms with E-state index in [1.54, 1.807) is 13.2 Å². The minimum Gasteiger partial charge on any atom is -0.504 e. The van der Waals surface area contributed by atoms with Crippen LogP contribution in [0.5, 0.6) is 11.5 Å². The molecule has 0 bridgehead atoms. The molecule has 0 saturated heterocycles. The molecular formula is C17H25NO2. The predicted octanol–water partition coefficient (Wildman–Crippen LogP) is 3.49. The van der Waals surface area contributed by atoms with Gasteiger partial charge in [0.05, 0.1) is 7.11 Å². The molecule has 2 aliphatic rings. The molecule has 3 nitrogen and oxygen atoms in total. The number of methoxy groups -OCH3 is 1. The van der Waals surface area contributed by atoms with Gasteiger partial charge in [-0.15, -0.1) is 0 Å². The highest BCUT2D eigenvalue weighted by Gasteiger charge is 2.41. The van der Waals surface area contributed by atoms with Crippen molar-refractivity contribution in [1.29, 1.82) is 0 Å². The first-order chi connectivity index (χ1) is 9.69. The summed E-state index contributed by atoms with van der Waals surface area (Å²) >= 11 is 0. The van der Waals surface area contributed by atoms with Gasteiger partial charge in [0, 0.05) is 6.04 Å². The molecule has 1 aromatic rings. The number of ether oxygens (including phenoxy) is 1. The number of nitrogens with one attached hydrogen (secondary N) is 1. The maximum atomic E-state index is 9.65. The van der Waals surface area contributed by atoms with Crippen LogP contribution in [0.2, 0.25) is 0 Å². The van der Waals surface area contributed by atoms with Crippen molar-refractivity contribution in [2.24, 2.45) is 17.8 Å². The lowest BCUT2D eigenvalue weighted by Crippen LogP contribution is -2.28. The summed E-state index contributed by atoms with van der Waals surface area (Å²) in [5, 5.41) is 13.3. The molecule has 20 heavy (non-hydrogen) atoms. The number of hydrogen-bond acceptors (Lipinski definition) is 3. The molecule has 2 N–H and O–H groups in total. The summed E-state index contributed by atoms with van der Waals surface area (Å²) in [7, 11) is 1.59. The van der Waals surface area contributed by atoms with Crippen LogP contribution in [0.4, 0.5) is 0 Å². The Morgan fingerprint density at radius 3 is 2.45 bits per heavy atom. The number of phenols is 1. The van der Waals surface area contributed by atoms with Gasteiger partial charge in [-0.2, -0.15) is 0 Å². The van der Waals surface area contributed by atoms with E-state index in [0.717, 1.165) is 24.3 Å². The van der Waals surface area contributed by atoms with Gasteiger partial charge in [0.15, 0.2) is 11.5 Å². The van der Waals surface area contributed by atoms with Gasteiger partial charge in [-0.1, -0.05) is 6.07 Å². The van der Waals surface area contributed by atoms with Gasteiger partial charge < -0.3 is 15.2 Å².